The lowest BCUT2D eigenvalue weighted by molar-refractivity contribution is -0.248. The summed E-state index contributed by atoms with van der Waals surface area (Å²) >= 11 is 5.79. The van der Waals surface area contributed by atoms with Crippen LogP contribution in [0.2, 0.25) is 5.02 Å². The summed E-state index contributed by atoms with van der Waals surface area (Å²) in [4.78, 5) is 12.2. The number of carbonyl (C=O) groups excluding carboxylic acids is 1. The van der Waals surface area contributed by atoms with Crippen molar-refractivity contribution in [1.82, 2.24) is 0 Å². The number of amides is 1. The van der Waals surface area contributed by atoms with E-state index in [9.17, 15) is 31.5 Å². The van der Waals surface area contributed by atoms with E-state index < -0.39 is 33.9 Å². The molecular formula is C18H14ClF3N2O4S. The molecule has 0 aromatic heterocycles. The number of sulfone groups is 1. The fourth-order valence-corrected chi connectivity index (χ4v) is 3.23. The molecule has 1 atom stereocenters. The number of aliphatic hydroxyl groups is 1. The maximum Gasteiger partial charge on any atom is 0.426 e. The number of hydrogen-bond acceptors (Lipinski definition) is 5. The molecule has 6 nitrogen and oxygen atoms in total. The number of nitrogens with one attached hydrogen (secondary N) is 1. The van der Waals surface area contributed by atoms with Gasteiger partial charge in [0, 0.05) is 18.4 Å². The smallest absolute Gasteiger partial charge is 0.372 e. The molecule has 29 heavy (non-hydrogen) atoms. The van der Waals surface area contributed by atoms with E-state index >= 15 is 0 Å². The van der Waals surface area contributed by atoms with Gasteiger partial charge < -0.3 is 10.4 Å². The largest absolute Gasteiger partial charge is 0.426 e. The van der Waals surface area contributed by atoms with E-state index in [1.54, 1.807) is 6.07 Å². The summed E-state index contributed by atoms with van der Waals surface area (Å²) in [6, 6.07) is 9.54. The van der Waals surface area contributed by atoms with Crippen molar-refractivity contribution >= 4 is 33.0 Å². The van der Waals surface area contributed by atoms with E-state index in [0.29, 0.717) is 0 Å². The Balaban J connectivity index is 2.33. The van der Waals surface area contributed by atoms with Gasteiger partial charge in [-0.15, -0.1) is 0 Å². The maximum absolute atomic E-state index is 13.5. The normalized spacial score (nSPS) is 14.0. The van der Waals surface area contributed by atoms with Gasteiger partial charge in [-0.1, -0.05) is 23.7 Å². The molecule has 1 amide bonds. The van der Waals surface area contributed by atoms with Crippen LogP contribution in [0.4, 0.5) is 18.9 Å². The SMILES string of the molecule is CS(=O)(=O)c1ccc(CC(O)(C(=O)Nc2ccc(C#N)c(Cl)c2)C(F)(F)F)cc1. The summed E-state index contributed by atoms with van der Waals surface area (Å²) in [5, 5.41) is 20.9. The highest BCUT2D eigenvalue weighted by atomic mass is 35.5. The highest BCUT2D eigenvalue weighted by Crippen LogP contribution is 2.35. The third-order valence-electron chi connectivity index (χ3n) is 4.00. The third kappa shape index (κ3) is 5.06. The predicted molar refractivity (Wildman–Crippen MR) is 99.1 cm³/mol. The van der Waals surface area contributed by atoms with Crippen LogP contribution >= 0.6 is 11.6 Å². The predicted octanol–water partition coefficient (Wildman–Crippen LogP) is 3.09. The van der Waals surface area contributed by atoms with E-state index in [2.05, 4.69) is 0 Å². The number of rotatable bonds is 5. The van der Waals surface area contributed by atoms with E-state index in [1.807, 2.05) is 5.32 Å². The lowest BCUT2D eigenvalue weighted by atomic mass is 9.92. The average molecular weight is 447 g/mol. The maximum atomic E-state index is 13.5. The zero-order chi connectivity index (χ0) is 22.0. The van der Waals surface area contributed by atoms with Crippen molar-refractivity contribution in [3.63, 3.8) is 0 Å². The second kappa shape index (κ2) is 8.02. The van der Waals surface area contributed by atoms with Crippen LogP contribution in [0, 0.1) is 11.3 Å². The molecular weight excluding hydrogens is 433 g/mol. The Morgan fingerprint density at radius 3 is 2.24 bits per heavy atom. The molecule has 154 valence electrons. The van der Waals surface area contributed by atoms with E-state index in [1.165, 1.54) is 12.1 Å². The Morgan fingerprint density at radius 2 is 1.79 bits per heavy atom. The van der Waals surface area contributed by atoms with Crippen molar-refractivity contribution in [1.29, 1.82) is 5.26 Å². The lowest BCUT2D eigenvalue weighted by Crippen LogP contribution is -2.56. The second-order valence-electron chi connectivity index (χ2n) is 6.21. The highest BCUT2D eigenvalue weighted by molar-refractivity contribution is 7.90. The van der Waals surface area contributed by atoms with Crippen LogP contribution in [0.3, 0.4) is 0 Å². The third-order valence-corrected chi connectivity index (χ3v) is 5.44. The van der Waals surface area contributed by atoms with Gasteiger partial charge >= 0.3 is 6.18 Å². The molecule has 2 aromatic rings. The Labute approximate surface area is 169 Å². The Morgan fingerprint density at radius 1 is 1.21 bits per heavy atom. The molecule has 0 heterocycles. The molecule has 2 aromatic carbocycles. The molecule has 11 heteroatoms. The van der Waals surface area contributed by atoms with Crippen LogP contribution in [0.15, 0.2) is 47.4 Å². The van der Waals surface area contributed by atoms with Gasteiger partial charge in [0.25, 0.3) is 5.91 Å². The van der Waals surface area contributed by atoms with Crippen LogP contribution in [-0.2, 0) is 21.1 Å². The molecule has 2 rings (SSSR count). The van der Waals surface area contributed by atoms with Crippen molar-refractivity contribution < 1.29 is 31.5 Å². The molecule has 0 saturated heterocycles. The Hall–Kier alpha value is -2.61. The van der Waals surface area contributed by atoms with Crippen LogP contribution in [0.1, 0.15) is 11.1 Å². The summed E-state index contributed by atoms with van der Waals surface area (Å²) in [6.07, 6.45) is -5.54. The molecule has 0 fully saturated rings. The van der Waals surface area contributed by atoms with Gasteiger partial charge in [0.2, 0.25) is 5.60 Å². The molecule has 0 spiro atoms. The number of nitrogens with zero attached hydrogens (tertiary/aromatic N) is 1. The van der Waals surface area contributed by atoms with E-state index in [-0.39, 0.29) is 26.7 Å². The number of carbonyl (C=O) groups is 1. The van der Waals surface area contributed by atoms with E-state index in [0.717, 1.165) is 36.6 Å². The van der Waals surface area contributed by atoms with Gasteiger partial charge in [0.1, 0.15) is 6.07 Å². The van der Waals surface area contributed by atoms with Crippen LogP contribution < -0.4 is 5.32 Å². The van der Waals surface area contributed by atoms with Gasteiger partial charge in [-0.25, -0.2) is 8.42 Å². The minimum atomic E-state index is -5.33. The monoisotopic (exact) mass is 446 g/mol. The van der Waals surface area contributed by atoms with Gasteiger partial charge in [-0.05, 0) is 35.9 Å². The summed E-state index contributed by atoms with van der Waals surface area (Å²) in [5.74, 6) is -1.75. The zero-order valence-electron chi connectivity index (χ0n) is 14.8. The summed E-state index contributed by atoms with van der Waals surface area (Å²) in [6.45, 7) is 0. The number of benzene rings is 2. The number of nitriles is 1. The molecule has 0 aliphatic heterocycles. The molecule has 0 radical (unpaired) electrons. The standard InChI is InChI=1S/C18H14ClF3N2O4S/c1-29(27,28)14-6-2-11(3-7-14)9-17(26,18(20,21)22)16(25)24-13-5-4-12(10-23)15(19)8-13/h2-8,26H,9H2,1H3,(H,24,25). The number of hydrogen-bond donors (Lipinski definition) is 2. The molecule has 0 bridgehead atoms. The highest BCUT2D eigenvalue weighted by Gasteiger charge is 2.59. The van der Waals surface area contributed by atoms with Crippen LogP contribution in [-0.4, -0.2) is 37.5 Å². The van der Waals surface area contributed by atoms with E-state index in [4.69, 9.17) is 16.9 Å². The van der Waals surface area contributed by atoms with Crippen molar-refractivity contribution in [2.75, 3.05) is 11.6 Å². The first-order valence-corrected chi connectivity index (χ1v) is 10.1. The molecule has 0 aliphatic rings. The fourth-order valence-electron chi connectivity index (χ4n) is 2.38. The first-order valence-electron chi connectivity index (χ1n) is 7.87. The minimum Gasteiger partial charge on any atom is -0.372 e. The van der Waals surface area contributed by atoms with Gasteiger partial charge in [-0.3, -0.25) is 4.79 Å². The number of halogens is 4. The topological polar surface area (TPSA) is 107 Å². The first kappa shape index (κ1) is 22.7. The summed E-state index contributed by atoms with van der Waals surface area (Å²) < 4.78 is 63.5. The van der Waals surface area contributed by atoms with Crippen molar-refractivity contribution in [2.45, 2.75) is 23.1 Å². The van der Waals surface area contributed by atoms with Crippen LogP contribution in [0.25, 0.3) is 0 Å². The lowest BCUT2D eigenvalue weighted by Gasteiger charge is -2.29. The number of alkyl halides is 3. The van der Waals surface area contributed by atoms with Gasteiger partial charge in [-0.2, -0.15) is 18.4 Å². The van der Waals surface area contributed by atoms with Gasteiger partial charge in [0.05, 0.1) is 15.5 Å². The first-order chi connectivity index (χ1) is 13.3. The Bertz CT molecular complexity index is 1080. The van der Waals surface area contributed by atoms with Crippen molar-refractivity contribution in [3.8, 4) is 6.07 Å². The fraction of sp³-hybridized carbons (Fsp3) is 0.222. The average Bonchev–Trinajstić information content (AvgIpc) is 2.60. The molecule has 0 aliphatic carbocycles. The van der Waals surface area contributed by atoms with Crippen molar-refractivity contribution in [2.24, 2.45) is 0 Å². The minimum absolute atomic E-state index is 0.0571. The second-order valence-corrected chi connectivity index (χ2v) is 8.63. The Kier molecular flexibility index (Phi) is 6.27. The van der Waals surface area contributed by atoms with Crippen molar-refractivity contribution in [3.05, 3.63) is 58.6 Å². The quantitative estimate of drug-likeness (QED) is 0.734. The zero-order valence-corrected chi connectivity index (χ0v) is 16.4. The molecule has 0 saturated carbocycles. The molecule has 1 unspecified atom stereocenters. The summed E-state index contributed by atoms with van der Waals surface area (Å²) in [7, 11) is -3.56. The van der Waals surface area contributed by atoms with Crippen LogP contribution in [0.5, 0.6) is 0 Å². The molecule has 2 N–H and O–H groups in total. The summed E-state index contributed by atoms with van der Waals surface area (Å²) in [5.41, 5.74) is -3.99. The van der Waals surface area contributed by atoms with Gasteiger partial charge in [0.15, 0.2) is 9.84 Å². The number of anilines is 1.